The molecule has 0 aliphatic rings. The number of carboxylic acid groups (broad SMARTS) is 1. The molecule has 0 aliphatic carbocycles. The SMILES string of the molecule is C=CCc1cc(C=NC(CCCN)C(=O)O)c(OC)c(OC)c1.N=CN. The topological polar surface area (TPSA) is 144 Å². The van der Waals surface area contributed by atoms with Gasteiger partial charge >= 0.3 is 5.97 Å². The molecule has 0 fully saturated rings. The maximum Gasteiger partial charge on any atom is 0.328 e. The quantitative estimate of drug-likeness (QED) is 0.282. The van der Waals surface area contributed by atoms with Gasteiger partial charge in [0.05, 0.1) is 20.6 Å². The Morgan fingerprint density at radius 2 is 2.08 bits per heavy atom. The number of hydrogen-bond donors (Lipinski definition) is 4. The summed E-state index contributed by atoms with van der Waals surface area (Å²) in [5.74, 6) is 0.122. The van der Waals surface area contributed by atoms with Crippen molar-refractivity contribution in [2.24, 2.45) is 16.5 Å². The molecule has 0 heterocycles. The first-order chi connectivity index (χ1) is 12.5. The first-order valence-corrected chi connectivity index (χ1v) is 8.01. The van der Waals surface area contributed by atoms with Crippen LogP contribution >= 0.6 is 0 Å². The van der Waals surface area contributed by atoms with E-state index in [2.05, 4.69) is 17.3 Å². The minimum absolute atomic E-state index is 0.397. The van der Waals surface area contributed by atoms with Crippen molar-refractivity contribution in [1.29, 1.82) is 5.41 Å². The minimum atomic E-state index is -0.970. The van der Waals surface area contributed by atoms with Crippen LogP contribution in [-0.4, -0.2) is 50.4 Å². The van der Waals surface area contributed by atoms with Gasteiger partial charge in [0.15, 0.2) is 11.5 Å². The van der Waals surface area contributed by atoms with Crippen LogP contribution < -0.4 is 20.9 Å². The molecule has 0 saturated carbocycles. The molecule has 26 heavy (non-hydrogen) atoms. The lowest BCUT2D eigenvalue weighted by Gasteiger charge is -2.13. The highest BCUT2D eigenvalue weighted by molar-refractivity contribution is 5.87. The van der Waals surface area contributed by atoms with Crippen LogP contribution in [0, 0.1) is 5.41 Å². The summed E-state index contributed by atoms with van der Waals surface area (Å²) in [6, 6.07) is 2.92. The number of aliphatic carboxylic acids is 1. The molecule has 8 heteroatoms. The number of hydrogen-bond acceptors (Lipinski definition) is 6. The Morgan fingerprint density at radius 3 is 2.54 bits per heavy atom. The first kappa shape index (κ1) is 23.1. The van der Waals surface area contributed by atoms with Crippen molar-refractivity contribution in [2.75, 3.05) is 20.8 Å². The van der Waals surface area contributed by atoms with Crippen LogP contribution in [-0.2, 0) is 11.2 Å². The maximum atomic E-state index is 11.2. The number of allylic oxidation sites excluding steroid dienone is 1. The van der Waals surface area contributed by atoms with E-state index in [9.17, 15) is 9.90 Å². The van der Waals surface area contributed by atoms with Crippen molar-refractivity contribution in [3.05, 3.63) is 35.9 Å². The summed E-state index contributed by atoms with van der Waals surface area (Å²) in [6.07, 6.45) is 5.71. The van der Waals surface area contributed by atoms with Gasteiger partial charge in [-0.15, -0.1) is 6.58 Å². The minimum Gasteiger partial charge on any atom is -0.493 e. The van der Waals surface area contributed by atoms with Crippen molar-refractivity contribution < 1.29 is 19.4 Å². The Balaban J connectivity index is 0.00000194. The predicted molar refractivity (Wildman–Crippen MR) is 104 cm³/mol. The predicted octanol–water partition coefficient (Wildman–Crippen LogP) is 1.60. The summed E-state index contributed by atoms with van der Waals surface area (Å²) in [6.45, 7) is 4.16. The van der Waals surface area contributed by atoms with Crippen LogP contribution in [0.25, 0.3) is 0 Å². The molecule has 1 rings (SSSR count). The van der Waals surface area contributed by atoms with Gasteiger partial charge in [0.25, 0.3) is 0 Å². The lowest BCUT2D eigenvalue weighted by atomic mass is 10.1. The third-order valence-corrected chi connectivity index (χ3v) is 3.31. The number of benzene rings is 1. The van der Waals surface area contributed by atoms with E-state index in [4.69, 9.17) is 20.6 Å². The van der Waals surface area contributed by atoms with Crippen LogP contribution in [0.15, 0.2) is 29.8 Å². The summed E-state index contributed by atoms with van der Waals surface area (Å²) in [4.78, 5) is 15.4. The molecule has 0 aliphatic heterocycles. The zero-order chi connectivity index (χ0) is 19.9. The molecule has 0 radical (unpaired) electrons. The molecule has 1 unspecified atom stereocenters. The monoisotopic (exact) mass is 364 g/mol. The third-order valence-electron chi connectivity index (χ3n) is 3.31. The van der Waals surface area contributed by atoms with Crippen molar-refractivity contribution >= 4 is 18.5 Å². The van der Waals surface area contributed by atoms with E-state index < -0.39 is 12.0 Å². The summed E-state index contributed by atoms with van der Waals surface area (Å²) < 4.78 is 10.7. The van der Waals surface area contributed by atoms with E-state index >= 15 is 0 Å². The van der Waals surface area contributed by atoms with Gasteiger partial charge in [-0.1, -0.05) is 6.08 Å². The molecule has 0 spiro atoms. The van der Waals surface area contributed by atoms with Crippen LogP contribution in [0.3, 0.4) is 0 Å². The summed E-state index contributed by atoms with van der Waals surface area (Å²) in [5, 5.41) is 15.1. The Hall–Kier alpha value is -2.87. The van der Waals surface area contributed by atoms with Crippen molar-refractivity contribution in [2.45, 2.75) is 25.3 Å². The Labute approximate surface area is 154 Å². The summed E-state index contributed by atoms with van der Waals surface area (Å²) in [5.41, 5.74) is 11.5. The molecule has 0 saturated heterocycles. The van der Waals surface area contributed by atoms with Crippen LogP contribution in [0.5, 0.6) is 11.5 Å². The Morgan fingerprint density at radius 1 is 1.42 bits per heavy atom. The number of nitrogens with two attached hydrogens (primary N) is 2. The Bertz CT molecular complexity index is 617. The number of carboxylic acids is 1. The molecule has 1 atom stereocenters. The standard InChI is InChI=1S/C17H24N2O4.CH4N2/c1-4-6-12-9-13(16(23-3)15(10-12)22-2)11-19-14(17(20)21)7-5-8-18;2-1-3/h4,9-11,14H,1,5-8,18H2,2-3H3,(H,20,21);1H,(H3,2,3). The lowest BCUT2D eigenvalue weighted by molar-refractivity contribution is -0.138. The smallest absolute Gasteiger partial charge is 0.328 e. The average Bonchev–Trinajstić information content (AvgIpc) is 2.61. The molecule has 144 valence electrons. The second-order valence-electron chi connectivity index (χ2n) is 5.14. The molecule has 0 aromatic heterocycles. The van der Waals surface area contributed by atoms with Crippen LogP contribution in [0.4, 0.5) is 0 Å². The molecule has 1 aromatic rings. The van der Waals surface area contributed by atoms with E-state index in [1.165, 1.54) is 13.3 Å². The van der Waals surface area contributed by atoms with E-state index in [1.54, 1.807) is 13.2 Å². The highest BCUT2D eigenvalue weighted by atomic mass is 16.5. The Kier molecular flexibility index (Phi) is 11.9. The highest BCUT2D eigenvalue weighted by Gasteiger charge is 2.16. The zero-order valence-corrected chi connectivity index (χ0v) is 15.3. The van der Waals surface area contributed by atoms with Gasteiger partial charge in [-0.3, -0.25) is 10.4 Å². The number of nitrogens with one attached hydrogen (secondary N) is 1. The van der Waals surface area contributed by atoms with E-state index in [1.807, 2.05) is 12.1 Å². The largest absolute Gasteiger partial charge is 0.493 e. The third kappa shape index (κ3) is 7.80. The number of aliphatic imine (C=N–C) groups is 1. The summed E-state index contributed by atoms with van der Waals surface area (Å²) >= 11 is 0. The second-order valence-corrected chi connectivity index (χ2v) is 5.14. The normalized spacial score (nSPS) is 11.2. The van der Waals surface area contributed by atoms with Gasteiger partial charge in [-0.05, 0) is 43.5 Å². The molecular formula is C18H28N4O4. The van der Waals surface area contributed by atoms with Gasteiger partial charge in [-0.25, -0.2) is 4.79 Å². The summed E-state index contributed by atoms with van der Waals surface area (Å²) in [7, 11) is 3.09. The highest BCUT2D eigenvalue weighted by Crippen LogP contribution is 2.32. The van der Waals surface area contributed by atoms with Gasteiger partial charge in [0.1, 0.15) is 6.04 Å². The molecule has 8 nitrogen and oxygen atoms in total. The van der Waals surface area contributed by atoms with Crippen LogP contribution in [0.1, 0.15) is 24.0 Å². The fraction of sp³-hybridized carbons (Fsp3) is 0.389. The van der Waals surface area contributed by atoms with Gasteiger partial charge in [0, 0.05) is 11.8 Å². The fourth-order valence-electron chi connectivity index (χ4n) is 2.18. The zero-order valence-electron chi connectivity index (χ0n) is 15.3. The van der Waals surface area contributed by atoms with E-state index in [0.29, 0.717) is 42.9 Å². The lowest BCUT2D eigenvalue weighted by Crippen LogP contribution is -2.19. The molecule has 6 N–H and O–H groups in total. The maximum absolute atomic E-state index is 11.2. The number of rotatable bonds is 10. The van der Waals surface area contributed by atoms with Gasteiger partial charge in [0.2, 0.25) is 0 Å². The van der Waals surface area contributed by atoms with E-state index in [-0.39, 0.29) is 0 Å². The number of methoxy groups -OCH3 is 2. The van der Waals surface area contributed by atoms with Crippen molar-refractivity contribution in [3.63, 3.8) is 0 Å². The number of carbonyl (C=O) groups is 1. The first-order valence-electron chi connectivity index (χ1n) is 8.01. The number of ether oxygens (including phenoxy) is 2. The van der Waals surface area contributed by atoms with Gasteiger partial charge < -0.3 is 26.0 Å². The van der Waals surface area contributed by atoms with Gasteiger partial charge in [-0.2, -0.15) is 0 Å². The van der Waals surface area contributed by atoms with Crippen molar-refractivity contribution in [3.8, 4) is 11.5 Å². The average molecular weight is 364 g/mol. The second kappa shape index (κ2) is 13.4. The fourth-order valence-corrected chi connectivity index (χ4v) is 2.18. The number of nitrogens with zero attached hydrogens (tertiary/aromatic N) is 1. The van der Waals surface area contributed by atoms with E-state index in [0.717, 1.165) is 11.9 Å². The van der Waals surface area contributed by atoms with Crippen LogP contribution in [0.2, 0.25) is 0 Å². The molecule has 0 bridgehead atoms. The molecular weight excluding hydrogens is 336 g/mol. The molecule has 0 amide bonds. The molecule has 1 aromatic carbocycles. The van der Waals surface area contributed by atoms with Crippen molar-refractivity contribution in [1.82, 2.24) is 0 Å².